The maximum Gasteiger partial charge on any atom is 0.221 e. The number of rotatable bonds is 3. The minimum absolute atomic E-state index is 0.102. The van der Waals surface area contributed by atoms with Gasteiger partial charge in [-0.25, -0.2) is 0 Å². The van der Waals surface area contributed by atoms with Crippen LogP contribution >= 0.6 is 11.8 Å². The van der Waals surface area contributed by atoms with Gasteiger partial charge in [0.05, 0.1) is 0 Å². The Morgan fingerprint density at radius 2 is 2.54 bits per heavy atom. The first-order chi connectivity index (χ1) is 6.33. The van der Waals surface area contributed by atoms with Crippen LogP contribution in [0.4, 0.5) is 0 Å². The molecule has 1 amide bonds. The molecule has 0 aromatic rings. The predicted octanol–water partition coefficient (Wildman–Crippen LogP) is 1.41. The molecule has 2 nitrogen and oxygen atoms in total. The Balaban J connectivity index is 2.15. The smallest absolute Gasteiger partial charge is 0.221 e. The van der Waals surface area contributed by atoms with E-state index in [9.17, 15) is 4.79 Å². The van der Waals surface area contributed by atoms with Gasteiger partial charge in [-0.1, -0.05) is 0 Å². The minimum Gasteiger partial charge on any atom is -0.353 e. The zero-order valence-electron chi connectivity index (χ0n) is 7.71. The molecule has 0 aromatic carbocycles. The Morgan fingerprint density at radius 1 is 1.69 bits per heavy atom. The molecule has 1 saturated heterocycles. The zero-order valence-corrected chi connectivity index (χ0v) is 8.53. The molecule has 72 valence electrons. The number of hydrogen-bond donors (Lipinski definition) is 1. The molecule has 0 aromatic heterocycles. The summed E-state index contributed by atoms with van der Waals surface area (Å²) in [5.41, 5.74) is 0. The van der Waals surface area contributed by atoms with E-state index >= 15 is 0 Å². The molecular formula is C10H15NOS. The fourth-order valence-corrected chi connectivity index (χ4v) is 2.41. The molecule has 0 aliphatic carbocycles. The second-order valence-electron chi connectivity index (χ2n) is 3.19. The Kier molecular flexibility index (Phi) is 4.77. The van der Waals surface area contributed by atoms with Crippen molar-refractivity contribution in [1.82, 2.24) is 5.32 Å². The molecule has 0 radical (unpaired) electrons. The van der Waals surface area contributed by atoms with Crippen molar-refractivity contribution in [2.24, 2.45) is 0 Å². The van der Waals surface area contributed by atoms with Gasteiger partial charge in [0, 0.05) is 24.6 Å². The van der Waals surface area contributed by atoms with Gasteiger partial charge in [0.15, 0.2) is 0 Å². The van der Waals surface area contributed by atoms with Crippen LogP contribution in [0.25, 0.3) is 0 Å². The summed E-state index contributed by atoms with van der Waals surface area (Å²) in [5.74, 6) is 4.86. The van der Waals surface area contributed by atoms with Gasteiger partial charge in [-0.2, -0.15) is 11.8 Å². The summed E-state index contributed by atoms with van der Waals surface area (Å²) in [4.78, 5) is 11.3. The lowest BCUT2D eigenvalue weighted by molar-refractivity contribution is -0.121. The van der Waals surface area contributed by atoms with Crippen molar-refractivity contribution in [3.8, 4) is 12.3 Å². The Bertz CT molecular complexity index is 203. The topological polar surface area (TPSA) is 29.1 Å². The zero-order chi connectivity index (χ0) is 9.52. The third kappa shape index (κ3) is 4.23. The molecule has 1 unspecified atom stereocenters. The minimum atomic E-state index is 0.102. The first kappa shape index (κ1) is 10.5. The van der Waals surface area contributed by atoms with Gasteiger partial charge >= 0.3 is 0 Å². The van der Waals surface area contributed by atoms with E-state index < -0.39 is 0 Å². The maximum atomic E-state index is 11.3. The summed E-state index contributed by atoms with van der Waals surface area (Å²) >= 11 is 1.91. The van der Waals surface area contributed by atoms with Crippen LogP contribution in [0.15, 0.2) is 0 Å². The molecule has 0 spiro atoms. The molecule has 1 fully saturated rings. The summed E-state index contributed by atoms with van der Waals surface area (Å²) in [6.07, 6.45) is 8.43. The fourth-order valence-electron chi connectivity index (χ4n) is 1.34. The maximum absolute atomic E-state index is 11.3. The van der Waals surface area contributed by atoms with E-state index in [0.717, 1.165) is 12.2 Å². The quantitative estimate of drug-likeness (QED) is 0.693. The lowest BCUT2D eigenvalue weighted by Gasteiger charge is -2.22. The van der Waals surface area contributed by atoms with E-state index in [2.05, 4.69) is 11.2 Å². The second-order valence-corrected chi connectivity index (χ2v) is 4.34. The average Bonchev–Trinajstić information content (AvgIpc) is 2.16. The lowest BCUT2D eigenvalue weighted by atomic mass is 10.2. The summed E-state index contributed by atoms with van der Waals surface area (Å²) < 4.78 is 0. The highest BCUT2D eigenvalue weighted by atomic mass is 32.2. The summed E-state index contributed by atoms with van der Waals surface area (Å²) in [6, 6.07) is 0.379. The van der Waals surface area contributed by atoms with Gasteiger partial charge in [-0.3, -0.25) is 4.79 Å². The first-order valence-corrected chi connectivity index (χ1v) is 5.79. The standard InChI is InChI=1S/C10H15NOS/c1-2-3-6-10(12)11-9-5-4-7-13-8-9/h1,9H,3-8H2,(H,11,12). The van der Waals surface area contributed by atoms with Crippen LogP contribution in [0.1, 0.15) is 25.7 Å². The van der Waals surface area contributed by atoms with Crippen molar-refractivity contribution >= 4 is 17.7 Å². The van der Waals surface area contributed by atoms with E-state index in [1.807, 2.05) is 11.8 Å². The number of carbonyl (C=O) groups is 1. The third-order valence-corrected chi connectivity index (χ3v) is 3.24. The molecule has 1 aliphatic heterocycles. The van der Waals surface area contributed by atoms with E-state index in [1.165, 1.54) is 12.2 Å². The first-order valence-electron chi connectivity index (χ1n) is 4.63. The van der Waals surface area contributed by atoms with Crippen molar-refractivity contribution in [2.45, 2.75) is 31.7 Å². The van der Waals surface area contributed by atoms with E-state index in [1.54, 1.807) is 0 Å². The number of hydrogen-bond acceptors (Lipinski definition) is 2. The molecule has 13 heavy (non-hydrogen) atoms. The molecule has 0 bridgehead atoms. The van der Waals surface area contributed by atoms with Gasteiger partial charge in [-0.05, 0) is 18.6 Å². The number of carbonyl (C=O) groups excluding carboxylic acids is 1. The predicted molar refractivity (Wildman–Crippen MR) is 56.6 cm³/mol. The number of terminal acetylenes is 1. The summed E-state index contributed by atoms with van der Waals surface area (Å²) in [7, 11) is 0. The fraction of sp³-hybridized carbons (Fsp3) is 0.700. The van der Waals surface area contributed by atoms with Crippen LogP contribution in [0, 0.1) is 12.3 Å². The summed E-state index contributed by atoms with van der Waals surface area (Å²) in [5, 5.41) is 3.00. The summed E-state index contributed by atoms with van der Waals surface area (Å²) in [6.45, 7) is 0. The average molecular weight is 197 g/mol. The van der Waals surface area contributed by atoms with Crippen LogP contribution in [0.2, 0.25) is 0 Å². The molecule has 1 aliphatic rings. The molecular weight excluding hydrogens is 182 g/mol. The second kappa shape index (κ2) is 5.93. The van der Waals surface area contributed by atoms with Crippen LogP contribution < -0.4 is 5.32 Å². The largest absolute Gasteiger partial charge is 0.353 e. The lowest BCUT2D eigenvalue weighted by Crippen LogP contribution is -2.38. The van der Waals surface area contributed by atoms with E-state index in [0.29, 0.717) is 18.9 Å². The van der Waals surface area contributed by atoms with Crippen LogP contribution in [-0.4, -0.2) is 23.5 Å². The van der Waals surface area contributed by atoms with Crippen molar-refractivity contribution in [3.63, 3.8) is 0 Å². The molecule has 1 rings (SSSR count). The number of thioether (sulfide) groups is 1. The van der Waals surface area contributed by atoms with Crippen molar-refractivity contribution < 1.29 is 4.79 Å². The Hall–Kier alpha value is -0.620. The van der Waals surface area contributed by atoms with Gasteiger partial charge in [0.2, 0.25) is 5.91 Å². The van der Waals surface area contributed by atoms with Gasteiger partial charge in [0.25, 0.3) is 0 Å². The van der Waals surface area contributed by atoms with E-state index in [-0.39, 0.29) is 5.91 Å². The normalized spacial score (nSPS) is 21.9. The monoisotopic (exact) mass is 197 g/mol. The number of amides is 1. The third-order valence-electron chi connectivity index (χ3n) is 2.02. The van der Waals surface area contributed by atoms with Gasteiger partial charge in [-0.15, -0.1) is 12.3 Å². The van der Waals surface area contributed by atoms with Gasteiger partial charge < -0.3 is 5.32 Å². The molecule has 0 saturated carbocycles. The SMILES string of the molecule is C#CCCC(=O)NC1CCCSC1. The number of nitrogens with one attached hydrogen (secondary N) is 1. The van der Waals surface area contributed by atoms with Crippen LogP contribution in [0.3, 0.4) is 0 Å². The molecule has 1 heterocycles. The Labute approximate surface area is 83.9 Å². The van der Waals surface area contributed by atoms with E-state index in [4.69, 9.17) is 6.42 Å². The highest BCUT2D eigenvalue weighted by Crippen LogP contribution is 2.16. The van der Waals surface area contributed by atoms with Crippen molar-refractivity contribution in [2.75, 3.05) is 11.5 Å². The molecule has 1 atom stereocenters. The highest BCUT2D eigenvalue weighted by molar-refractivity contribution is 7.99. The van der Waals surface area contributed by atoms with Crippen molar-refractivity contribution in [1.29, 1.82) is 0 Å². The van der Waals surface area contributed by atoms with Crippen LogP contribution in [0.5, 0.6) is 0 Å². The molecule has 1 N–H and O–H groups in total. The van der Waals surface area contributed by atoms with Crippen LogP contribution in [-0.2, 0) is 4.79 Å². The molecule has 3 heteroatoms. The van der Waals surface area contributed by atoms with Gasteiger partial charge in [0.1, 0.15) is 0 Å². The van der Waals surface area contributed by atoms with Crippen molar-refractivity contribution in [3.05, 3.63) is 0 Å². The Morgan fingerprint density at radius 3 is 3.15 bits per heavy atom. The highest BCUT2D eigenvalue weighted by Gasteiger charge is 2.15.